The van der Waals surface area contributed by atoms with E-state index in [-0.39, 0.29) is 12.1 Å². The van der Waals surface area contributed by atoms with Gasteiger partial charge in [0.2, 0.25) is 0 Å². The lowest BCUT2D eigenvalue weighted by molar-refractivity contribution is 0.187. The van der Waals surface area contributed by atoms with Crippen LogP contribution in [0.25, 0.3) is 10.8 Å². The summed E-state index contributed by atoms with van der Waals surface area (Å²) in [6.45, 7) is 4.84. The minimum absolute atomic E-state index is 0.124. The minimum Gasteiger partial charge on any atom is -0.394 e. The van der Waals surface area contributed by atoms with Gasteiger partial charge in [0.25, 0.3) is 0 Å². The predicted octanol–water partition coefficient (Wildman–Crippen LogP) is 2.10. The van der Waals surface area contributed by atoms with Gasteiger partial charge in [-0.2, -0.15) is 0 Å². The Morgan fingerprint density at radius 2 is 2.12 bits per heavy atom. The first-order chi connectivity index (χ1) is 8.12. The van der Waals surface area contributed by atoms with Gasteiger partial charge < -0.3 is 10.4 Å². The van der Waals surface area contributed by atoms with Crippen molar-refractivity contribution in [2.24, 2.45) is 0 Å². The SMILES string of the molecule is CC(C)(CO)NCc1cccc2cnccc12. The summed E-state index contributed by atoms with van der Waals surface area (Å²) in [7, 11) is 0. The van der Waals surface area contributed by atoms with Crippen LogP contribution in [0, 0.1) is 0 Å². The second kappa shape index (κ2) is 4.82. The van der Waals surface area contributed by atoms with Crippen LogP contribution in [0.2, 0.25) is 0 Å². The van der Waals surface area contributed by atoms with Crippen molar-refractivity contribution >= 4 is 10.8 Å². The average molecular weight is 230 g/mol. The molecule has 0 fully saturated rings. The maximum Gasteiger partial charge on any atom is 0.0607 e. The van der Waals surface area contributed by atoms with Gasteiger partial charge in [-0.1, -0.05) is 18.2 Å². The van der Waals surface area contributed by atoms with Crippen molar-refractivity contribution in [3.63, 3.8) is 0 Å². The van der Waals surface area contributed by atoms with Gasteiger partial charge in [0, 0.05) is 29.9 Å². The third-order valence-corrected chi connectivity index (χ3v) is 2.92. The van der Waals surface area contributed by atoms with Gasteiger partial charge >= 0.3 is 0 Å². The minimum atomic E-state index is -0.255. The third kappa shape index (κ3) is 2.81. The van der Waals surface area contributed by atoms with Gasteiger partial charge in [-0.25, -0.2) is 0 Å². The fraction of sp³-hybridized carbons (Fsp3) is 0.357. The maximum atomic E-state index is 9.21. The number of nitrogens with one attached hydrogen (secondary N) is 1. The van der Waals surface area contributed by atoms with Crippen molar-refractivity contribution in [3.8, 4) is 0 Å². The molecule has 3 nitrogen and oxygen atoms in total. The molecule has 0 spiro atoms. The van der Waals surface area contributed by atoms with E-state index in [9.17, 15) is 5.11 Å². The van der Waals surface area contributed by atoms with E-state index in [1.807, 2.05) is 38.4 Å². The second-order valence-electron chi connectivity index (χ2n) is 4.91. The molecule has 0 bridgehead atoms. The van der Waals surface area contributed by atoms with Crippen molar-refractivity contribution in [2.75, 3.05) is 6.61 Å². The first-order valence-corrected chi connectivity index (χ1v) is 5.80. The number of hydrogen-bond donors (Lipinski definition) is 2. The zero-order valence-corrected chi connectivity index (χ0v) is 10.3. The van der Waals surface area contributed by atoms with Crippen LogP contribution in [-0.4, -0.2) is 22.2 Å². The normalized spacial score (nSPS) is 11.9. The lowest BCUT2D eigenvalue weighted by Crippen LogP contribution is -2.42. The number of hydrogen-bond acceptors (Lipinski definition) is 3. The zero-order chi connectivity index (χ0) is 12.3. The number of benzene rings is 1. The first-order valence-electron chi connectivity index (χ1n) is 5.80. The van der Waals surface area contributed by atoms with E-state index in [1.165, 1.54) is 10.9 Å². The molecule has 2 N–H and O–H groups in total. The van der Waals surface area contributed by atoms with E-state index < -0.39 is 0 Å². The fourth-order valence-corrected chi connectivity index (χ4v) is 1.73. The number of fused-ring (bicyclic) bond motifs is 1. The van der Waals surface area contributed by atoms with Crippen molar-refractivity contribution in [2.45, 2.75) is 25.9 Å². The van der Waals surface area contributed by atoms with Crippen LogP contribution in [0.15, 0.2) is 36.7 Å². The van der Waals surface area contributed by atoms with Crippen molar-refractivity contribution < 1.29 is 5.11 Å². The topological polar surface area (TPSA) is 45.1 Å². The Labute approximate surface area is 102 Å². The van der Waals surface area contributed by atoms with Crippen LogP contribution >= 0.6 is 0 Å². The van der Waals surface area contributed by atoms with Crippen LogP contribution in [-0.2, 0) is 6.54 Å². The molecule has 0 aliphatic carbocycles. The molecule has 0 saturated heterocycles. The third-order valence-electron chi connectivity index (χ3n) is 2.92. The van der Waals surface area contributed by atoms with E-state index in [4.69, 9.17) is 0 Å². The molecule has 0 saturated carbocycles. The summed E-state index contributed by atoms with van der Waals surface area (Å²) in [5.41, 5.74) is 0.973. The lowest BCUT2D eigenvalue weighted by Gasteiger charge is -2.24. The average Bonchev–Trinajstić information content (AvgIpc) is 2.36. The first kappa shape index (κ1) is 12.0. The molecule has 0 aliphatic heterocycles. The highest BCUT2D eigenvalue weighted by molar-refractivity contribution is 5.84. The van der Waals surface area contributed by atoms with Gasteiger partial charge in [0.1, 0.15) is 0 Å². The standard InChI is InChI=1S/C14H18N2O/c1-14(2,10-17)16-9-12-5-3-4-11-8-15-7-6-13(11)12/h3-8,16-17H,9-10H2,1-2H3. The van der Waals surface area contributed by atoms with E-state index in [0.29, 0.717) is 0 Å². The molecule has 0 amide bonds. The number of rotatable bonds is 4. The summed E-state index contributed by atoms with van der Waals surface area (Å²) in [5, 5.41) is 14.9. The van der Waals surface area contributed by atoms with Crippen LogP contribution in [0.5, 0.6) is 0 Å². The van der Waals surface area contributed by atoms with Crippen LogP contribution in [0.3, 0.4) is 0 Å². The maximum absolute atomic E-state index is 9.21. The Bertz CT molecular complexity index is 503. The summed E-state index contributed by atoms with van der Waals surface area (Å²) in [4.78, 5) is 4.12. The van der Waals surface area contributed by atoms with Gasteiger partial charge in [-0.05, 0) is 30.9 Å². The molecule has 0 unspecified atom stereocenters. The van der Waals surface area contributed by atoms with Crippen molar-refractivity contribution in [1.29, 1.82) is 0 Å². The lowest BCUT2D eigenvalue weighted by atomic mass is 10.0. The monoisotopic (exact) mass is 230 g/mol. The largest absolute Gasteiger partial charge is 0.394 e. The molecule has 3 heteroatoms. The van der Waals surface area contributed by atoms with Gasteiger partial charge in [-0.15, -0.1) is 0 Å². The smallest absolute Gasteiger partial charge is 0.0607 e. The molecule has 1 heterocycles. The molecule has 17 heavy (non-hydrogen) atoms. The van der Waals surface area contributed by atoms with E-state index in [2.05, 4.69) is 22.4 Å². The molecule has 90 valence electrons. The molecular weight excluding hydrogens is 212 g/mol. The highest BCUT2D eigenvalue weighted by atomic mass is 16.3. The number of aliphatic hydroxyl groups is 1. The highest BCUT2D eigenvalue weighted by Crippen LogP contribution is 2.17. The van der Waals surface area contributed by atoms with Crippen molar-refractivity contribution in [1.82, 2.24) is 10.3 Å². The Kier molecular flexibility index (Phi) is 3.41. The number of pyridine rings is 1. The molecular formula is C14H18N2O. The Morgan fingerprint density at radius 3 is 2.88 bits per heavy atom. The summed E-state index contributed by atoms with van der Waals surface area (Å²) < 4.78 is 0. The summed E-state index contributed by atoms with van der Waals surface area (Å²) >= 11 is 0. The Morgan fingerprint density at radius 1 is 1.29 bits per heavy atom. The predicted molar refractivity (Wildman–Crippen MR) is 69.7 cm³/mol. The molecule has 0 aliphatic rings. The zero-order valence-electron chi connectivity index (χ0n) is 10.3. The van der Waals surface area contributed by atoms with Gasteiger partial charge in [0.15, 0.2) is 0 Å². The Hall–Kier alpha value is -1.45. The summed E-state index contributed by atoms with van der Waals surface area (Å²) in [5.74, 6) is 0. The number of aromatic nitrogens is 1. The Balaban J connectivity index is 2.24. The molecule has 1 aromatic carbocycles. The molecule has 1 aromatic heterocycles. The van der Waals surface area contributed by atoms with Gasteiger partial charge in [-0.3, -0.25) is 4.98 Å². The van der Waals surface area contributed by atoms with E-state index in [0.717, 1.165) is 11.9 Å². The van der Waals surface area contributed by atoms with Crippen molar-refractivity contribution in [3.05, 3.63) is 42.2 Å². The summed E-state index contributed by atoms with van der Waals surface area (Å²) in [6, 6.07) is 8.22. The quantitative estimate of drug-likeness (QED) is 0.845. The number of nitrogens with zero attached hydrogens (tertiary/aromatic N) is 1. The van der Waals surface area contributed by atoms with E-state index in [1.54, 1.807) is 0 Å². The van der Waals surface area contributed by atoms with Crippen LogP contribution in [0.1, 0.15) is 19.4 Å². The van der Waals surface area contributed by atoms with Crippen LogP contribution < -0.4 is 5.32 Å². The van der Waals surface area contributed by atoms with E-state index >= 15 is 0 Å². The van der Waals surface area contributed by atoms with Crippen LogP contribution in [0.4, 0.5) is 0 Å². The molecule has 0 radical (unpaired) electrons. The fourth-order valence-electron chi connectivity index (χ4n) is 1.73. The molecule has 0 atom stereocenters. The number of aliphatic hydroxyl groups excluding tert-OH is 1. The second-order valence-corrected chi connectivity index (χ2v) is 4.91. The summed E-state index contributed by atoms with van der Waals surface area (Å²) in [6.07, 6.45) is 3.68. The molecule has 2 rings (SSSR count). The molecule has 2 aromatic rings. The highest BCUT2D eigenvalue weighted by Gasteiger charge is 2.15. The van der Waals surface area contributed by atoms with Gasteiger partial charge in [0.05, 0.1) is 6.61 Å².